The van der Waals surface area contributed by atoms with Crippen molar-refractivity contribution in [3.8, 4) is 5.75 Å². The number of carbonyl (C=O) groups excluding carboxylic acids is 2. The quantitative estimate of drug-likeness (QED) is 0.258. The predicted molar refractivity (Wildman–Crippen MR) is 152 cm³/mol. The molecule has 0 aromatic heterocycles. The fourth-order valence-electron chi connectivity index (χ4n) is 4.58. The SMILES string of the molecule is O=C(NCCC1=CCCCC1)[C@@H](c1ccccc1)N(Cc1ccc(Cl)cc1)C(=O)COc1ccccc1Cl. The lowest BCUT2D eigenvalue weighted by Crippen LogP contribution is -2.45. The molecule has 2 amide bonds. The van der Waals surface area contributed by atoms with Crippen molar-refractivity contribution in [3.05, 3.63) is 112 Å². The minimum Gasteiger partial charge on any atom is -0.482 e. The maximum Gasteiger partial charge on any atom is 0.261 e. The van der Waals surface area contributed by atoms with E-state index < -0.39 is 6.04 Å². The van der Waals surface area contributed by atoms with Crippen LogP contribution in [0, 0.1) is 0 Å². The Hall–Kier alpha value is -3.28. The summed E-state index contributed by atoms with van der Waals surface area (Å²) in [6, 6.07) is 22.8. The van der Waals surface area contributed by atoms with Gasteiger partial charge in [-0.25, -0.2) is 0 Å². The second-order valence-electron chi connectivity index (χ2n) is 9.33. The van der Waals surface area contributed by atoms with E-state index in [-0.39, 0.29) is 25.0 Å². The van der Waals surface area contributed by atoms with Crippen LogP contribution in [-0.4, -0.2) is 29.9 Å². The van der Waals surface area contributed by atoms with Crippen molar-refractivity contribution in [2.75, 3.05) is 13.2 Å². The smallest absolute Gasteiger partial charge is 0.261 e. The van der Waals surface area contributed by atoms with Crippen molar-refractivity contribution in [1.29, 1.82) is 0 Å². The normalized spacial score (nSPS) is 13.8. The third-order valence-corrected chi connectivity index (χ3v) is 7.14. The van der Waals surface area contributed by atoms with E-state index in [0.29, 0.717) is 22.3 Å². The molecule has 0 heterocycles. The van der Waals surface area contributed by atoms with Crippen LogP contribution in [0.2, 0.25) is 10.0 Å². The van der Waals surface area contributed by atoms with E-state index in [4.69, 9.17) is 27.9 Å². The first-order valence-corrected chi connectivity index (χ1v) is 13.7. The highest BCUT2D eigenvalue weighted by atomic mass is 35.5. The average molecular weight is 552 g/mol. The first-order chi connectivity index (χ1) is 18.5. The summed E-state index contributed by atoms with van der Waals surface area (Å²) in [4.78, 5) is 28.9. The van der Waals surface area contributed by atoms with Crippen molar-refractivity contribution < 1.29 is 14.3 Å². The number of hydrogen-bond donors (Lipinski definition) is 1. The van der Waals surface area contributed by atoms with Gasteiger partial charge in [-0.3, -0.25) is 9.59 Å². The number of hydrogen-bond acceptors (Lipinski definition) is 3. The van der Waals surface area contributed by atoms with Gasteiger partial charge in [-0.2, -0.15) is 0 Å². The van der Waals surface area contributed by atoms with E-state index in [0.717, 1.165) is 30.4 Å². The maximum atomic E-state index is 13.7. The van der Waals surface area contributed by atoms with E-state index in [1.54, 1.807) is 41.3 Å². The molecule has 4 rings (SSSR count). The fourth-order valence-corrected chi connectivity index (χ4v) is 4.89. The number of nitrogens with one attached hydrogen (secondary N) is 1. The number of ether oxygens (including phenoxy) is 1. The summed E-state index contributed by atoms with van der Waals surface area (Å²) < 4.78 is 5.78. The van der Waals surface area contributed by atoms with Gasteiger partial charge in [-0.05, 0) is 67.5 Å². The number of amides is 2. The predicted octanol–water partition coefficient (Wildman–Crippen LogP) is 7.15. The maximum absolute atomic E-state index is 13.7. The number of nitrogens with zero attached hydrogens (tertiary/aromatic N) is 1. The molecule has 1 atom stereocenters. The molecule has 38 heavy (non-hydrogen) atoms. The molecule has 0 radical (unpaired) electrons. The van der Waals surface area contributed by atoms with E-state index >= 15 is 0 Å². The van der Waals surface area contributed by atoms with Gasteiger partial charge in [0.1, 0.15) is 11.8 Å². The molecule has 7 heteroatoms. The molecular weight excluding hydrogens is 519 g/mol. The van der Waals surface area contributed by atoms with Crippen LogP contribution in [0.1, 0.15) is 49.3 Å². The first-order valence-electron chi connectivity index (χ1n) is 12.9. The van der Waals surface area contributed by atoms with Crippen molar-refractivity contribution in [3.63, 3.8) is 0 Å². The lowest BCUT2D eigenvalue weighted by Gasteiger charge is -2.31. The molecule has 1 aliphatic rings. The van der Waals surface area contributed by atoms with Gasteiger partial charge in [-0.15, -0.1) is 0 Å². The molecule has 1 N–H and O–H groups in total. The highest BCUT2D eigenvalue weighted by Crippen LogP contribution is 2.27. The minimum absolute atomic E-state index is 0.208. The molecule has 0 aliphatic heterocycles. The number of allylic oxidation sites excluding steroid dienone is 1. The zero-order valence-electron chi connectivity index (χ0n) is 21.2. The molecule has 3 aromatic rings. The van der Waals surface area contributed by atoms with Crippen molar-refractivity contribution in [1.82, 2.24) is 10.2 Å². The Balaban J connectivity index is 1.58. The van der Waals surface area contributed by atoms with Crippen LogP contribution in [-0.2, 0) is 16.1 Å². The van der Waals surface area contributed by atoms with Gasteiger partial charge in [0, 0.05) is 18.1 Å². The zero-order valence-corrected chi connectivity index (χ0v) is 22.8. The van der Waals surface area contributed by atoms with Crippen molar-refractivity contribution >= 4 is 35.0 Å². The van der Waals surface area contributed by atoms with Crippen LogP contribution >= 0.6 is 23.2 Å². The van der Waals surface area contributed by atoms with Crippen LogP contribution in [0.5, 0.6) is 5.75 Å². The second-order valence-corrected chi connectivity index (χ2v) is 10.2. The van der Waals surface area contributed by atoms with Gasteiger partial charge in [0.2, 0.25) is 5.91 Å². The second kappa shape index (κ2) is 14.0. The van der Waals surface area contributed by atoms with Crippen LogP contribution in [0.3, 0.4) is 0 Å². The molecule has 5 nitrogen and oxygen atoms in total. The lowest BCUT2D eigenvalue weighted by atomic mass is 9.97. The van der Waals surface area contributed by atoms with Gasteiger partial charge in [0.05, 0.1) is 5.02 Å². The molecule has 1 aliphatic carbocycles. The summed E-state index contributed by atoms with van der Waals surface area (Å²) in [5.41, 5.74) is 2.96. The molecule has 3 aromatic carbocycles. The lowest BCUT2D eigenvalue weighted by molar-refractivity contribution is -0.143. The average Bonchev–Trinajstić information content (AvgIpc) is 2.94. The van der Waals surface area contributed by atoms with Gasteiger partial charge in [-0.1, -0.05) is 89.4 Å². The molecule has 0 saturated heterocycles. The topological polar surface area (TPSA) is 58.6 Å². The molecule has 0 unspecified atom stereocenters. The fraction of sp³-hybridized carbons (Fsp3) is 0.290. The highest BCUT2D eigenvalue weighted by Gasteiger charge is 2.32. The van der Waals surface area contributed by atoms with Crippen molar-refractivity contribution in [2.24, 2.45) is 0 Å². The summed E-state index contributed by atoms with van der Waals surface area (Å²) in [5, 5.41) is 4.10. The number of halogens is 2. The minimum atomic E-state index is -0.838. The van der Waals surface area contributed by atoms with Crippen LogP contribution in [0.25, 0.3) is 0 Å². The molecule has 0 bridgehead atoms. The zero-order chi connectivity index (χ0) is 26.7. The van der Waals surface area contributed by atoms with E-state index in [1.807, 2.05) is 42.5 Å². The van der Waals surface area contributed by atoms with Crippen LogP contribution in [0.15, 0.2) is 90.5 Å². The summed E-state index contributed by atoms with van der Waals surface area (Å²) in [6.45, 7) is 0.466. The number of rotatable bonds is 11. The summed E-state index contributed by atoms with van der Waals surface area (Å²) in [7, 11) is 0. The third-order valence-electron chi connectivity index (χ3n) is 6.58. The largest absolute Gasteiger partial charge is 0.482 e. The van der Waals surface area contributed by atoms with Crippen LogP contribution in [0.4, 0.5) is 0 Å². The number of carbonyl (C=O) groups is 2. The van der Waals surface area contributed by atoms with Crippen LogP contribution < -0.4 is 10.1 Å². The molecule has 0 spiro atoms. The van der Waals surface area contributed by atoms with Gasteiger partial charge < -0.3 is 15.0 Å². The summed E-state index contributed by atoms with van der Waals surface area (Å²) >= 11 is 12.3. The number of benzene rings is 3. The number of para-hydroxylation sites is 1. The molecule has 0 fully saturated rings. The van der Waals surface area contributed by atoms with Gasteiger partial charge in [0.15, 0.2) is 6.61 Å². The van der Waals surface area contributed by atoms with E-state index in [1.165, 1.54) is 18.4 Å². The summed E-state index contributed by atoms with van der Waals surface area (Å²) in [6.07, 6.45) is 7.70. The Morgan fingerprint density at radius 3 is 2.37 bits per heavy atom. The van der Waals surface area contributed by atoms with Gasteiger partial charge >= 0.3 is 0 Å². The first kappa shape index (κ1) is 27.7. The van der Waals surface area contributed by atoms with Gasteiger partial charge in [0.25, 0.3) is 5.91 Å². The molecule has 0 saturated carbocycles. The Kier molecular flexibility index (Phi) is 10.2. The Labute approximate surface area is 234 Å². The third kappa shape index (κ3) is 7.86. The Morgan fingerprint density at radius 1 is 0.921 bits per heavy atom. The van der Waals surface area contributed by atoms with Crippen molar-refractivity contribution in [2.45, 2.75) is 44.7 Å². The monoisotopic (exact) mass is 550 g/mol. The highest BCUT2D eigenvalue weighted by molar-refractivity contribution is 6.32. The Bertz CT molecular complexity index is 1250. The molecular formula is C31H32Cl2N2O3. The van der Waals surface area contributed by atoms with E-state index in [9.17, 15) is 9.59 Å². The molecule has 198 valence electrons. The van der Waals surface area contributed by atoms with E-state index in [2.05, 4.69) is 11.4 Å². The summed E-state index contributed by atoms with van der Waals surface area (Å²) in [5.74, 6) is -0.151. The standard InChI is InChI=1S/C31H32Cl2N2O3/c32-26-17-15-24(16-18-26)21-35(29(36)22-38-28-14-8-7-13-27(28)33)30(25-11-5-2-6-12-25)31(37)34-20-19-23-9-3-1-4-10-23/h2,5-9,11-18,30H,1,3-4,10,19-22H2,(H,34,37)/t30-/m1/s1. The Morgan fingerprint density at radius 2 is 1.66 bits per heavy atom.